The summed E-state index contributed by atoms with van der Waals surface area (Å²) in [6.45, 7) is 1.97. The Labute approximate surface area is 167 Å². The summed E-state index contributed by atoms with van der Waals surface area (Å²) in [6, 6.07) is 27.1. The van der Waals surface area contributed by atoms with Crippen molar-refractivity contribution in [2.75, 3.05) is 5.32 Å². The first-order valence-corrected chi connectivity index (χ1v) is 9.45. The van der Waals surface area contributed by atoms with Crippen molar-refractivity contribution in [3.8, 4) is 11.5 Å². The van der Waals surface area contributed by atoms with E-state index < -0.39 is 0 Å². The molecule has 0 unspecified atom stereocenters. The van der Waals surface area contributed by atoms with E-state index in [1.54, 1.807) is 6.07 Å². The van der Waals surface area contributed by atoms with Crippen LogP contribution in [0.3, 0.4) is 0 Å². The molecule has 0 bridgehead atoms. The van der Waals surface area contributed by atoms with Gasteiger partial charge >= 0.3 is 0 Å². The Balaban J connectivity index is 1.57. The van der Waals surface area contributed by atoms with Gasteiger partial charge in [-0.2, -0.15) is 0 Å². The van der Waals surface area contributed by atoms with Gasteiger partial charge in [-0.15, -0.1) is 0 Å². The highest BCUT2D eigenvalue weighted by atomic mass is 16.3. The van der Waals surface area contributed by atoms with Crippen molar-refractivity contribution in [3.05, 3.63) is 96.1 Å². The Bertz CT molecular complexity index is 1370. The monoisotopic (exact) mass is 378 g/mol. The van der Waals surface area contributed by atoms with Crippen molar-refractivity contribution in [1.82, 2.24) is 4.98 Å². The van der Waals surface area contributed by atoms with E-state index in [1.165, 1.54) is 0 Å². The summed E-state index contributed by atoms with van der Waals surface area (Å²) in [4.78, 5) is 17.4. The molecule has 5 aromatic rings. The molecule has 0 aliphatic heterocycles. The van der Waals surface area contributed by atoms with Crippen LogP contribution in [0.25, 0.3) is 33.3 Å². The second-order valence-electron chi connectivity index (χ2n) is 7.02. The van der Waals surface area contributed by atoms with E-state index in [1.807, 2.05) is 85.8 Å². The Morgan fingerprint density at radius 1 is 0.897 bits per heavy atom. The van der Waals surface area contributed by atoms with Gasteiger partial charge in [-0.05, 0) is 42.6 Å². The lowest BCUT2D eigenvalue weighted by Gasteiger charge is -2.09. The van der Waals surface area contributed by atoms with E-state index in [0.29, 0.717) is 17.1 Å². The normalized spacial score (nSPS) is 11.1. The van der Waals surface area contributed by atoms with Crippen molar-refractivity contribution >= 4 is 33.5 Å². The molecule has 4 heteroatoms. The lowest BCUT2D eigenvalue weighted by Crippen LogP contribution is -2.12. The molecular formula is C25H18N2O2. The summed E-state index contributed by atoms with van der Waals surface area (Å²) in [5.41, 5.74) is 4.60. The smallest absolute Gasteiger partial charge is 0.255 e. The second-order valence-corrected chi connectivity index (χ2v) is 7.02. The summed E-state index contributed by atoms with van der Waals surface area (Å²) in [6.07, 6.45) is 0. The molecular weight excluding hydrogens is 360 g/mol. The number of carbonyl (C=O) groups excluding carboxylic acids is 1. The minimum Gasteiger partial charge on any atom is -0.435 e. The fourth-order valence-corrected chi connectivity index (χ4v) is 3.53. The fraction of sp³-hybridized carbons (Fsp3) is 0.0400. The summed E-state index contributed by atoms with van der Waals surface area (Å²) in [7, 11) is 0. The molecule has 4 aromatic carbocycles. The topological polar surface area (TPSA) is 55.1 Å². The molecule has 29 heavy (non-hydrogen) atoms. The minimum atomic E-state index is -0.164. The van der Waals surface area contributed by atoms with Gasteiger partial charge in [-0.25, -0.2) is 4.98 Å². The lowest BCUT2D eigenvalue weighted by atomic mass is 10.1. The van der Waals surface area contributed by atoms with Crippen molar-refractivity contribution < 1.29 is 9.21 Å². The summed E-state index contributed by atoms with van der Waals surface area (Å²) < 4.78 is 6.15. The number of oxazole rings is 1. The van der Waals surface area contributed by atoms with Crippen LogP contribution in [0, 0.1) is 6.92 Å². The molecule has 1 heterocycles. The van der Waals surface area contributed by atoms with Crippen LogP contribution in [0.4, 0.5) is 5.69 Å². The fourth-order valence-electron chi connectivity index (χ4n) is 3.53. The number of hydrogen-bond acceptors (Lipinski definition) is 3. The van der Waals surface area contributed by atoms with E-state index in [4.69, 9.17) is 4.42 Å². The van der Waals surface area contributed by atoms with Crippen LogP contribution in [-0.2, 0) is 0 Å². The van der Waals surface area contributed by atoms with Crippen LogP contribution < -0.4 is 5.32 Å². The molecule has 140 valence electrons. The zero-order valence-corrected chi connectivity index (χ0v) is 15.8. The zero-order valence-electron chi connectivity index (χ0n) is 15.8. The van der Waals surface area contributed by atoms with Crippen LogP contribution in [0.15, 0.2) is 89.3 Å². The first-order valence-electron chi connectivity index (χ1n) is 9.45. The number of rotatable bonds is 3. The quantitative estimate of drug-likeness (QED) is 0.406. The Hall–Kier alpha value is -3.92. The van der Waals surface area contributed by atoms with Gasteiger partial charge in [-0.1, -0.05) is 60.2 Å². The van der Waals surface area contributed by atoms with Gasteiger partial charge in [0.2, 0.25) is 5.89 Å². The van der Waals surface area contributed by atoms with Gasteiger partial charge in [0.25, 0.3) is 5.91 Å². The van der Waals surface area contributed by atoms with Gasteiger partial charge in [0.15, 0.2) is 5.58 Å². The number of anilines is 1. The molecule has 1 aromatic heterocycles. The third-order valence-corrected chi connectivity index (χ3v) is 4.97. The Morgan fingerprint density at radius 2 is 1.72 bits per heavy atom. The molecule has 5 rings (SSSR count). The van der Waals surface area contributed by atoms with E-state index in [0.717, 1.165) is 33.0 Å². The number of aromatic nitrogens is 1. The molecule has 0 saturated heterocycles. The molecule has 0 aliphatic carbocycles. The zero-order chi connectivity index (χ0) is 19.8. The summed E-state index contributed by atoms with van der Waals surface area (Å²) in [5, 5.41) is 5.11. The van der Waals surface area contributed by atoms with Gasteiger partial charge in [0, 0.05) is 10.9 Å². The van der Waals surface area contributed by atoms with Gasteiger partial charge in [0.05, 0.1) is 11.3 Å². The van der Waals surface area contributed by atoms with Crippen molar-refractivity contribution in [2.45, 2.75) is 6.92 Å². The predicted octanol–water partition coefficient (Wildman–Crippen LogP) is 6.21. The van der Waals surface area contributed by atoms with Gasteiger partial charge in [0.1, 0.15) is 5.52 Å². The van der Waals surface area contributed by atoms with Crippen LogP contribution in [0.1, 0.15) is 15.9 Å². The number of carbonyl (C=O) groups is 1. The molecule has 1 N–H and O–H groups in total. The maximum Gasteiger partial charge on any atom is 0.255 e. The van der Waals surface area contributed by atoms with Crippen LogP contribution in [-0.4, -0.2) is 10.9 Å². The number of aryl methyl sites for hydroxylation is 1. The first kappa shape index (κ1) is 17.2. The molecule has 0 spiro atoms. The number of fused-ring (bicyclic) bond motifs is 3. The average molecular weight is 378 g/mol. The van der Waals surface area contributed by atoms with Crippen LogP contribution >= 0.6 is 0 Å². The number of amides is 1. The second kappa shape index (κ2) is 6.91. The maximum absolute atomic E-state index is 12.7. The predicted molar refractivity (Wildman–Crippen MR) is 116 cm³/mol. The van der Waals surface area contributed by atoms with Gasteiger partial charge < -0.3 is 9.73 Å². The van der Waals surface area contributed by atoms with Crippen molar-refractivity contribution in [3.63, 3.8) is 0 Å². The SMILES string of the molecule is Cc1cccc(C(=O)Nc2ccccc2-c2nc3ccc4ccccc4c3o2)c1. The number of hydrogen-bond donors (Lipinski definition) is 1. The number of nitrogens with one attached hydrogen (secondary N) is 1. The maximum atomic E-state index is 12.7. The first-order chi connectivity index (χ1) is 14.2. The Morgan fingerprint density at radius 3 is 2.62 bits per heavy atom. The van der Waals surface area contributed by atoms with Crippen LogP contribution in [0.2, 0.25) is 0 Å². The third kappa shape index (κ3) is 3.15. The van der Waals surface area contributed by atoms with E-state index in [-0.39, 0.29) is 5.91 Å². The Kier molecular flexibility index (Phi) is 4.10. The summed E-state index contributed by atoms with van der Waals surface area (Å²) >= 11 is 0. The number of benzene rings is 4. The van der Waals surface area contributed by atoms with Crippen molar-refractivity contribution in [1.29, 1.82) is 0 Å². The standard InChI is InChI=1S/C25H18N2O2/c1-16-7-6-9-18(15-16)24(28)26-21-12-5-4-11-20(21)25-27-22-14-13-17-8-2-3-10-19(17)23(22)29-25/h2-15H,1H3,(H,26,28). The largest absolute Gasteiger partial charge is 0.435 e. The molecule has 4 nitrogen and oxygen atoms in total. The molecule has 0 fully saturated rings. The number of para-hydroxylation sites is 1. The third-order valence-electron chi connectivity index (χ3n) is 4.97. The lowest BCUT2D eigenvalue weighted by molar-refractivity contribution is 0.102. The van der Waals surface area contributed by atoms with E-state index >= 15 is 0 Å². The minimum absolute atomic E-state index is 0.164. The van der Waals surface area contributed by atoms with E-state index in [2.05, 4.69) is 10.3 Å². The molecule has 0 saturated carbocycles. The highest BCUT2D eigenvalue weighted by Gasteiger charge is 2.16. The molecule has 0 aliphatic rings. The van der Waals surface area contributed by atoms with Crippen molar-refractivity contribution in [2.24, 2.45) is 0 Å². The summed E-state index contributed by atoms with van der Waals surface area (Å²) in [5.74, 6) is 0.319. The highest BCUT2D eigenvalue weighted by Crippen LogP contribution is 2.33. The highest BCUT2D eigenvalue weighted by molar-refractivity contribution is 6.07. The molecule has 1 amide bonds. The average Bonchev–Trinajstić information content (AvgIpc) is 3.19. The number of nitrogens with zero attached hydrogens (tertiary/aromatic N) is 1. The van der Waals surface area contributed by atoms with E-state index in [9.17, 15) is 4.79 Å². The van der Waals surface area contributed by atoms with Crippen LogP contribution in [0.5, 0.6) is 0 Å². The molecule has 0 atom stereocenters. The van der Waals surface area contributed by atoms with Gasteiger partial charge in [-0.3, -0.25) is 4.79 Å². The molecule has 0 radical (unpaired) electrons.